The molecule has 0 amide bonds. The highest BCUT2D eigenvalue weighted by Gasteiger charge is 2.00. The van der Waals surface area contributed by atoms with Gasteiger partial charge < -0.3 is 11.1 Å². The first-order valence-corrected chi connectivity index (χ1v) is 6.49. The van der Waals surface area contributed by atoms with E-state index in [0.29, 0.717) is 11.5 Å². The Morgan fingerprint density at radius 3 is 2.76 bits per heavy atom. The van der Waals surface area contributed by atoms with E-state index < -0.39 is 0 Å². The van der Waals surface area contributed by atoms with Crippen LogP contribution in [0.2, 0.25) is 4.34 Å². The number of nitrogens with two attached hydrogens (primary N) is 1. The number of hydrogen-bond donors (Lipinski definition) is 2. The van der Waals surface area contributed by atoms with Crippen molar-refractivity contribution < 1.29 is 0 Å². The molecular weight excluding hydrogens is 274 g/mol. The van der Waals surface area contributed by atoms with Gasteiger partial charge in [-0.3, -0.25) is 0 Å². The zero-order chi connectivity index (χ0) is 12.3. The van der Waals surface area contributed by atoms with Gasteiger partial charge in [0.2, 0.25) is 0 Å². The number of rotatable bonds is 4. The van der Waals surface area contributed by atoms with E-state index in [1.807, 2.05) is 24.3 Å². The van der Waals surface area contributed by atoms with E-state index in [9.17, 15) is 0 Å². The summed E-state index contributed by atoms with van der Waals surface area (Å²) >= 11 is 12.2. The third-order valence-electron chi connectivity index (χ3n) is 2.12. The van der Waals surface area contributed by atoms with Gasteiger partial charge in [0.15, 0.2) is 0 Å². The van der Waals surface area contributed by atoms with Crippen LogP contribution in [-0.4, -0.2) is 9.97 Å². The van der Waals surface area contributed by atoms with E-state index >= 15 is 0 Å². The van der Waals surface area contributed by atoms with E-state index in [-0.39, 0.29) is 0 Å². The van der Waals surface area contributed by atoms with Crippen molar-refractivity contribution in [2.45, 2.75) is 6.54 Å². The van der Waals surface area contributed by atoms with Gasteiger partial charge in [-0.05, 0) is 24.3 Å². The van der Waals surface area contributed by atoms with E-state index in [4.69, 9.17) is 29.6 Å². The molecule has 3 N–H and O–H groups in total. The minimum atomic E-state index is 0.356. The van der Waals surface area contributed by atoms with E-state index in [1.54, 1.807) is 17.5 Å². The maximum atomic E-state index is 5.84. The van der Waals surface area contributed by atoms with Gasteiger partial charge >= 0.3 is 0 Å². The average molecular weight is 284 g/mol. The molecule has 3 nitrogen and oxygen atoms in total. The number of thiocarbonyl (C=S) groups is 1. The summed E-state index contributed by atoms with van der Waals surface area (Å²) < 4.78 is 0.790. The molecule has 0 saturated carbocycles. The first-order valence-electron chi connectivity index (χ1n) is 4.89. The maximum absolute atomic E-state index is 5.84. The Morgan fingerprint density at radius 2 is 2.24 bits per heavy atom. The number of anilines is 1. The second-order valence-corrected chi connectivity index (χ2v) is 5.60. The Kier molecular flexibility index (Phi) is 3.93. The molecule has 0 bridgehead atoms. The first-order chi connectivity index (χ1) is 8.15. The maximum Gasteiger partial charge on any atom is 0.126 e. The molecule has 2 rings (SSSR count). The van der Waals surface area contributed by atoms with Crippen LogP contribution < -0.4 is 11.1 Å². The minimum Gasteiger partial charge on any atom is -0.389 e. The number of halogens is 1. The van der Waals surface area contributed by atoms with Crippen molar-refractivity contribution in [1.29, 1.82) is 0 Å². The van der Waals surface area contributed by atoms with Crippen molar-refractivity contribution in [2.24, 2.45) is 5.73 Å². The molecule has 0 aliphatic rings. The highest BCUT2D eigenvalue weighted by molar-refractivity contribution is 7.80. The van der Waals surface area contributed by atoms with Crippen molar-refractivity contribution in [1.82, 2.24) is 4.98 Å². The van der Waals surface area contributed by atoms with Crippen LogP contribution in [0.3, 0.4) is 0 Å². The van der Waals surface area contributed by atoms with Crippen molar-refractivity contribution >= 4 is 46.0 Å². The zero-order valence-corrected chi connectivity index (χ0v) is 11.2. The van der Waals surface area contributed by atoms with E-state index in [1.165, 1.54) is 0 Å². The molecule has 0 fully saturated rings. The summed E-state index contributed by atoms with van der Waals surface area (Å²) in [6.07, 6.45) is 1.66. The predicted octanol–water partition coefficient (Wildman–Crippen LogP) is 3.04. The molecule has 0 saturated heterocycles. The fourth-order valence-electron chi connectivity index (χ4n) is 1.27. The van der Waals surface area contributed by atoms with Crippen molar-refractivity contribution in [3.8, 4) is 0 Å². The Labute approximate surface area is 114 Å². The summed E-state index contributed by atoms with van der Waals surface area (Å²) in [4.78, 5) is 5.73. The lowest BCUT2D eigenvalue weighted by Crippen LogP contribution is -2.10. The molecule has 2 heterocycles. The summed E-state index contributed by atoms with van der Waals surface area (Å²) in [7, 11) is 0. The normalized spacial score (nSPS) is 10.2. The van der Waals surface area contributed by atoms with Gasteiger partial charge in [-0.1, -0.05) is 23.8 Å². The third kappa shape index (κ3) is 3.39. The molecule has 0 aliphatic carbocycles. The van der Waals surface area contributed by atoms with Crippen LogP contribution in [0, 0.1) is 0 Å². The summed E-state index contributed by atoms with van der Waals surface area (Å²) in [5.74, 6) is 0.787. The molecule has 0 atom stereocenters. The Morgan fingerprint density at radius 1 is 1.41 bits per heavy atom. The van der Waals surface area contributed by atoms with Crippen LogP contribution in [0.1, 0.15) is 10.4 Å². The predicted molar refractivity (Wildman–Crippen MR) is 76.8 cm³/mol. The standard InChI is InChI=1S/C11H10ClN3S2/c12-9-3-2-8(17-9)6-15-10-4-1-7(5-14-10)11(13)16/h1-5H,6H2,(H2,13,16)(H,14,15). The molecule has 0 aromatic carbocycles. The van der Waals surface area contributed by atoms with Crippen molar-refractivity contribution in [2.75, 3.05) is 5.32 Å². The topological polar surface area (TPSA) is 50.9 Å². The Bertz CT molecular complexity index is 522. The molecule has 88 valence electrons. The molecule has 0 radical (unpaired) electrons. The number of pyridine rings is 1. The van der Waals surface area contributed by atoms with Crippen LogP contribution in [0.4, 0.5) is 5.82 Å². The quantitative estimate of drug-likeness (QED) is 0.847. The van der Waals surface area contributed by atoms with Gasteiger partial charge in [0, 0.05) is 16.6 Å². The molecule has 17 heavy (non-hydrogen) atoms. The fourth-order valence-corrected chi connectivity index (χ4v) is 2.42. The lowest BCUT2D eigenvalue weighted by molar-refractivity contribution is 1.14. The molecule has 6 heteroatoms. The summed E-state index contributed by atoms with van der Waals surface area (Å²) in [6.45, 7) is 0.705. The summed E-state index contributed by atoms with van der Waals surface area (Å²) in [5, 5.41) is 3.20. The zero-order valence-electron chi connectivity index (χ0n) is 8.81. The summed E-state index contributed by atoms with van der Waals surface area (Å²) in [6, 6.07) is 7.57. The van der Waals surface area contributed by atoms with Crippen LogP contribution in [-0.2, 0) is 6.54 Å². The first kappa shape index (κ1) is 12.3. The molecule has 2 aromatic heterocycles. The molecule has 0 unspecified atom stereocenters. The smallest absolute Gasteiger partial charge is 0.126 e. The fraction of sp³-hybridized carbons (Fsp3) is 0.0909. The number of thiophene rings is 1. The lowest BCUT2D eigenvalue weighted by atomic mass is 10.3. The van der Waals surface area contributed by atoms with Crippen molar-refractivity contribution in [3.05, 3.63) is 45.2 Å². The van der Waals surface area contributed by atoms with E-state index in [2.05, 4.69) is 10.3 Å². The number of aromatic nitrogens is 1. The Balaban J connectivity index is 1.97. The van der Waals surface area contributed by atoms with Gasteiger partial charge in [-0.15, -0.1) is 11.3 Å². The second kappa shape index (κ2) is 5.44. The van der Waals surface area contributed by atoms with Crippen LogP contribution in [0.15, 0.2) is 30.5 Å². The van der Waals surface area contributed by atoms with Gasteiger partial charge in [0.05, 0.1) is 10.9 Å². The second-order valence-electron chi connectivity index (χ2n) is 3.36. The highest BCUT2D eigenvalue weighted by Crippen LogP contribution is 2.21. The van der Waals surface area contributed by atoms with Gasteiger partial charge in [-0.2, -0.15) is 0 Å². The van der Waals surface area contributed by atoms with Gasteiger partial charge in [-0.25, -0.2) is 4.98 Å². The monoisotopic (exact) mass is 283 g/mol. The lowest BCUT2D eigenvalue weighted by Gasteiger charge is -2.04. The third-order valence-corrected chi connectivity index (χ3v) is 3.59. The van der Waals surface area contributed by atoms with Crippen molar-refractivity contribution in [3.63, 3.8) is 0 Å². The highest BCUT2D eigenvalue weighted by atomic mass is 35.5. The summed E-state index contributed by atoms with van der Waals surface area (Å²) in [5.41, 5.74) is 6.26. The minimum absolute atomic E-state index is 0.356. The van der Waals surface area contributed by atoms with E-state index in [0.717, 1.165) is 20.6 Å². The molecular formula is C11H10ClN3S2. The number of hydrogen-bond acceptors (Lipinski definition) is 4. The number of nitrogens with zero attached hydrogens (tertiary/aromatic N) is 1. The molecule has 0 spiro atoms. The Hall–Kier alpha value is -1.17. The van der Waals surface area contributed by atoms with Gasteiger partial charge in [0.25, 0.3) is 0 Å². The molecule has 0 aliphatic heterocycles. The average Bonchev–Trinajstić information content (AvgIpc) is 2.73. The van der Waals surface area contributed by atoms with Crippen LogP contribution in [0.5, 0.6) is 0 Å². The number of nitrogens with one attached hydrogen (secondary N) is 1. The molecule has 2 aromatic rings. The van der Waals surface area contributed by atoms with Gasteiger partial charge in [0.1, 0.15) is 10.8 Å². The largest absolute Gasteiger partial charge is 0.389 e. The van der Waals surface area contributed by atoms with Crippen LogP contribution in [0.25, 0.3) is 0 Å². The SMILES string of the molecule is NC(=S)c1ccc(NCc2ccc(Cl)s2)nc1. The van der Waals surface area contributed by atoms with Crippen LogP contribution >= 0.6 is 35.2 Å².